The third-order valence-corrected chi connectivity index (χ3v) is 12.5. The fourth-order valence-electron chi connectivity index (χ4n) is 8.19. The van der Waals surface area contributed by atoms with E-state index < -0.39 is 59.6 Å². The van der Waals surface area contributed by atoms with Crippen molar-refractivity contribution in [2.24, 2.45) is 5.73 Å². The number of rotatable bonds is 36. The van der Waals surface area contributed by atoms with Crippen molar-refractivity contribution in [3.05, 3.63) is 84.7 Å². The lowest BCUT2D eigenvalue weighted by atomic mass is 10.1. The van der Waals surface area contributed by atoms with Gasteiger partial charge in [-0.25, -0.2) is 19.6 Å². The van der Waals surface area contributed by atoms with Gasteiger partial charge in [-0.15, -0.1) is 0 Å². The first-order valence-electron chi connectivity index (χ1n) is 26.0. The maximum Gasteiger partial charge on any atom is 0.328 e. The predicted molar refractivity (Wildman–Crippen MR) is 287 cm³/mol. The molecular weight excluding hydrogens is 1010 g/mol. The maximum absolute atomic E-state index is 12.9. The molecule has 0 aliphatic carbocycles. The molecule has 418 valence electrons. The van der Waals surface area contributed by atoms with Crippen LogP contribution in [0, 0.1) is 0 Å². The maximum atomic E-state index is 12.9. The van der Waals surface area contributed by atoms with Gasteiger partial charge < -0.3 is 68.4 Å². The number of hydrogen-bond donors (Lipinski definition) is 13. The molecule has 0 saturated heterocycles. The van der Waals surface area contributed by atoms with Gasteiger partial charge in [0.25, 0.3) is 11.8 Å². The molecule has 2 aromatic carbocycles. The molecule has 6 amide bonds. The predicted octanol–water partition coefficient (Wildman–Crippen LogP) is 1.60. The number of aliphatic carboxylic acids is 2. The molecular formula is C51H69N17O10. The molecule has 78 heavy (non-hydrogen) atoms. The van der Waals surface area contributed by atoms with Gasteiger partial charge in [-0.2, -0.15) is 10.2 Å². The number of aromatic nitrogens is 8. The van der Waals surface area contributed by atoms with Crippen LogP contribution in [0.15, 0.2) is 73.6 Å². The Morgan fingerprint density at radius 3 is 1.47 bits per heavy atom. The van der Waals surface area contributed by atoms with Crippen molar-refractivity contribution >= 4 is 81.1 Å². The average molecular weight is 1080 g/mol. The Labute approximate surface area is 448 Å². The molecule has 27 nitrogen and oxygen atoms in total. The Kier molecular flexibility index (Phi) is 22.9. The van der Waals surface area contributed by atoms with Crippen LogP contribution in [0.4, 0.5) is 11.9 Å². The van der Waals surface area contributed by atoms with Crippen LogP contribution in [-0.2, 0) is 41.9 Å². The lowest BCUT2D eigenvalue weighted by Gasteiger charge is -2.16. The van der Waals surface area contributed by atoms with E-state index in [1.165, 1.54) is 0 Å². The van der Waals surface area contributed by atoms with E-state index in [0.29, 0.717) is 94.3 Å². The molecule has 0 bridgehead atoms. The van der Waals surface area contributed by atoms with Gasteiger partial charge in [-0.3, -0.25) is 38.1 Å². The first kappa shape index (κ1) is 58.4. The summed E-state index contributed by atoms with van der Waals surface area (Å²) in [5, 5.41) is 51.6. The molecule has 0 fully saturated rings. The monoisotopic (exact) mass is 1080 g/mol. The molecule has 3 atom stereocenters. The van der Waals surface area contributed by atoms with Gasteiger partial charge in [0.15, 0.2) is 11.9 Å². The number of carboxylic acids is 2. The number of unbranched alkanes of at least 4 members (excludes halogenated alkanes) is 4. The fourth-order valence-corrected chi connectivity index (χ4v) is 8.19. The Morgan fingerprint density at radius 2 is 1.03 bits per heavy atom. The van der Waals surface area contributed by atoms with Crippen LogP contribution in [0.1, 0.15) is 97.8 Å². The summed E-state index contributed by atoms with van der Waals surface area (Å²) < 4.78 is 3.67. The van der Waals surface area contributed by atoms with Crippen molar-refractivity contribution in [3.63, 3.8) is 0 Å². The quantitative estimate of drug-likeness (QED) is 0.0249. The number of aryl methyl sites for hydroxylation is 2. The highest BCUT2D eigenvalue weighted by Crippen LogP contribution is 2.18. The van der Waals surface area contributed by atoms with Crippen molar-refractivity contribution in [1.29, 1.82) is 0 Å². The summed E-state index contributed by atoms with van der Waals surface area (Å²) in [7, 11) is 0. The molecule has 6 aromatic rings. The van der Waals surface area contributed by atoms with Gasteiger partial charge in [-0.05, 0) is 81.3 Å². The molecule has 4 aromatic heterocycles. The molecule has 27 heteroatoms. The van der Waals surface area contributed by atoms with Gasteiger partial charge >= 0.3 is 11.9 Å². The summed E-state index contributed by atoms with van der Waals surface area (Å²) in [4.78, 5) is 114. The van der Waals surface area contributed by atoms with Crippen LogP contribution in [-0.4, -0.2) is 154 Å². The number of hydrogen-bond acceptors (Lipinski definition) is 15. The van der Waals surface area contributed by atoms with E-state index in [1.807, 2.05) is 9.36 Å². The van der Waals surface area contributed by atoms with Gasteiger partial charge in [-0.1, -0.05) is 12.8 Å². The summed E-state index contributed by atoms with van der Waals surface area (Å²) in [6, 6.07) is 6.55. The zero-order valence-corrected chi connectivity index (χ0v) is 43.2. The molecule has 0 aliphatic heterocycles. The minimum atomic E-state index is -1.35. The lowest BCUT2D eigenvalue weighted by molar-refractivity contribution is -0.142. The van der Waals surface area contributed by atoms with Gasteiger partial charge in [0, 0.05) is 118 Å². The van der Waals surface area contributed by atoms with Crippen LogP contribution in [0.2, 0.25) is 0 Å². The number of carboxylic acid groups (broad SMARTS) is 2. The van der Waals surface area contributed by atoms with E-state index in [0.717, 1.165) is 34.6 Å². The first-order chi connectivity index (χ1) is 37.7. The Bertz CT molecular complexity index is 2920. The molecule has 6 rings (SSSR count). The van der Waals surface area contributed by atoms with Crippen LogP contribution < -0.4 is 48.3 Å². The molecule has 0 radical (unpaired) electrons. The van der Waals surface area contributed by atoms with Crippen molar-refractivity contribution in [2.75, 3.05) is 49.9 Å². The highest BCUT2D eigenvalue weighted by atomic mass is 16.4. The second kappa shape index (κ2) is 30.6. The highest BCUT2D eigenvalue weighted by molar-refractivity contribution is 5.99. The van der Waals surface area contributed by atoms with Crippen molar-refractivity contribution < 1.29 is 48.6 Å². The third kappa shape index (κ3) is 19.0. The second-order valence-electron chi connectivity index (χ2n) is 18.5. The van der Waals surface area contributed by atoms with E-state index in [1.54, 1.807) is 73.6 Å². The zero-order valence-electron chi connectivity index (χ0n) is 43.2. The number of nitrogens with zero attached hydrogens (tertiary/aromatic N) is 6. The fraction of sp³-hybridized carbons (Fsp3) is 0.451. The Morgan fingerprint density at radius 1 is 0.551 bits per heavy atom. The number of H-pyrrole nitrogens is 2. The van der Waals surface area contributed by atoms with Gasteiger partial charge in [0.05, 0.1) is 29.5 Å². The molecule has 14 N–H and O–H groups in total. The van der Waals surface area contributed by atoms with Crippen LogP contribution in [0.5, 0.6) is 0 Å². The van der Waals surface area contributed by atoms with Gasteiger partial charge in [0.1, 0.15) is 12.1 Å². The lowest BCUT2D eigenvalue weighted by Crippen LogP contribution is -2.48. The van der Waals surface area contributed by atoms with E-state index in [9.17, 15) is 48.6 Å². The number of benzene rings is 2. The summed E-state index contributed by atoms with van der Waals surface area (Å²) in [6.07, 6.45) is 14.9. The van der Waals surface area contributed by atoms with Crippen LogP contribution >= 0.6 is 0 Å². The number of carbonyl (C=O) groups is 8. The normalized spacial score (nSPS) is 12.3. The summed E-state index contributed by atoms with van der Waals surface area (Å²) in [6.45, 7) is 2.60. The molecule has 0 spiro atoms. The number of carbonyl (C=O) groups excluding carboxylic acids is 6. The number of aromatic amines is 2. The third-order valence-electron chi connectivity index (χ3n) is 12.5. The van der Waals surface area contributed by atoms with Gasteiger partial charge in [0.2, 0.25) is 23.6 Å². The Balaban J connectivity index is 0.750. The first-order valence-corrected chi connectivity index (χ1v) is 26.0. The molecule has 4 heterocycles. The SMILES string of the molecule is NC(CCC(=O)NCCCCCC(=O)N[C@@H](CNC(=O)c1ccc2c(cnn2CCCNc2ncc[nH]2)c1)C(=O)O)C(=O)NCCCCCC(=O)N[C@@H](CNC(=O)c1ccc2c(cnn2CCCNc2ncc[nH]2)c1)C(=O)O. The highest BCUT2D eigenvalue weighted by Gasteiger charge is 2.23. The van der Waals surface area contributed by atoms with Crippen LogP contribution in [0.25, 0.3) is 21.8 Å². The summed E-state index contributed by atoms with van der Waals surface area (Å²) in [5.41, 5.74) is 8.32. The van der Waals surface area contributed by atoms with E-state index >= 15 is 0 Å². The number of amides is 6. The molecule has 0 aliphatic rings. The molecule has 0 saturated carbocycles. The number of fused-ring (bicyclic) bond motifs is 2. The standard InChI is InChI=1S/C51H69N17O10/c52-37(47(74)54-18-6-2-4-10-44(71)66-39(49(77)78)32-62-46(73)34-12-15-41-36(28-34)30-64-68(41)26-8-20-56-51-59-23-24-60-51)13-16-42(69)53-17-5-1-3-9-43(70)65-38(48(75)76)31-61-45(72)33-11-14-40-35(27-33)29-63-67(40)25-7-19-55-50-57-21-22-58-50/h11-12,14-15,21-24,27-30,37-39H,1-10,13,16-20,25-26,31-32,52H2,(H,53,69)(H,54,74)(H,61,72)(H,62,73)(H,65,70)(H,66,71)(H,75,76)(H,77,78)(H2,55,57,58)(H2,56,59,60)/t37?,38-,39-/m0/s1. The van der Waals surface area contributed by atoms with Crippen molar-refractivity contribution in [1.82, 2.24) is 71.4 Å². The van der Waals surface area contributed by atoms with Crippen LogP contribution in [0.3, 0.4) is 0 Å². The largest absolute Gasteiger partial charge is 0.480 e. The number of anilines is 2. The Hall–Kier alpha value is -8.88. The van der Waals surface area contributed by atoms with Crippen molar-refractivity contribution in [3.8, 4) is 0 Å². The zero-order chi connectivity index (χ0) is 55.7. The summed E-state index contributed by atoms with van der Waals surface area (Å²) >= 11 is 0. The van der Waals surface area contributed by atoms with E-state index in [2.05, 4.69) is 72.7 Å². The smallest absolute Gasteiger partial charge is 0.328 e. The topological polar surface area (TPSA) is 392 Å². The number of nitrogens with one attached hydrogen (secondary N) is 10. The second-order valence-corrected chi connectivity index (χ2v) is 18.5. The average Bonchev–Trinajstić information content (AvgIpc) is 4.31. The number of nitrogens with two attached hydrogens (primary N) is 1. The van der Waals surface area contributed by atoms with E-state index in [4.69, 9.17) is 5.73 Å². The minimum Gasteiger partial charge on any atom is -0.480 e. The molecule has 1 unspecified atom stereocenters. The minimum absolute atomic E-state index is 0.0153. The number of imidazole rings is 2. The van der Waals surface area contributed by atoms with Crippen molar-refractivity contribution in [2.45, 2.75) is 108 Å². The van der Waals surface area contributed by atoms with E-state index in [-0.39, 0.29) is 51.2 Å². The summed E-state index contributed by atoms with van der Waals surface area (Å²) in [5.74, 6) is -3.93.